The van der Waals surface area contributed by atoms with Gasteiger partial charge in [0.25, 0.3) is 0 Å². The van der Waals surface area contributed by atoms with Crippen LogP contribution in [0.1, 0.15) is 25.6 Å². The largest absolute Gasteiger partial charge is 0.383 e. The molecule has 0 amide bonds. The van der Waals surface area contributed by atoms with Gasteiger partial charge in [-0.15, -0.1) is 11.3 Å². The number of ether oxygens (including phenoxy) is 1. The van der Waals surface area contributed by atoms with Crippen molar-refractivity contribution in [2.24, 2.45) is 0 Å². The summed E-state index contributed by atoms with van der Waals surface area (Å²) in [7, 11) is 5.72. The van der Waals surface area contributed by atoms with Crippen LogP contribution in [0, 0.1) is 0 Å². The van der Waals surface area contributed by atoms with Crippen LogP contribution in [0.3, 0.4) is 0 Å². The summed E-state index contributed by atoms with van der Waals surface area (Å²) in [6.45, 7) is 4.95. The Morgan fingerprint density at radius 2 is 2.25 bits per heavy atom. The molecule has 0 aliphatic heterocycles. The normalized spacial score (nSPS) is 14.8. The molecule has 0 radical (unpaired) electrons. The van der Waals surface area contributed by atoms with Crippen LogP contribution in [0.4, 0.5) is 5.13 Å². The van der Waals surface area contributed by atoms with E-state index in [0.29, 0.717) is 18.7 Å². The van der Waals surface area contributed by atoms with Crippen LogP contribution >= 0.6 is 11.3 Å². The monoisotopic (exact) mass is 243 g/mol. The number of likely N-dealkylation sites (N-methyl/N-ethyl adjacent to an activating group) is 1. The molecule has 1 heterocycles. The molecule has 2 atom stereocenters. The molecule has 1 N–H and O–H groups in total. The van der Waals surface area contributed by atoms with Gasteiger partial charge in [-0.25, -0.2) is 4.98 Å². The van der Waals surface area contributed by atoms with Gasteiger partial charge in [0.1, 0.15) is 0 Å². The van der Waals surface area contributed by atoms with Crippen LogP contribution < -0.4 is 10.2 Å². The summed E-state index contributed by atoms with van der Waals surface area (Å²) < 4.78 is 5.14. The Kier molecular flexibility index (Phi) is 5.18. The standard InChI is InChI=1S/C11H21N3OS/c1-8(6-15-5)14(4)11-13-10(7-16-11)9(2)12-3/h7-9,12H,6H2,1-5H3. The second-order valence-electron chi connectivity index (χ2n) is 3.98. The number of hydrogen-bond acceptors (Lipinski definition) is 5. The van der Waals surface area contributed by atoms with Crippen molar-refractivity contribution in [3.63, 3.8) is 0 Å². The summed E-state index contributed by atoms with van der Waals surface area (Å²) in [5.41, 5.74) is 1.10. The Labute approximate surface area is 102 Å². The van der Waals surface area contributed by atoms with Crippen molar-refractivity contribution < 1.29 is 4.74 Å². The smallest absolute Gasteiger partial charge is 0.185 e. The lowest BCUT2D eigenvalue weighted by Gasteiger charge is -2.23. The van der Waals surface area contributed by atoms with E-state index in [-0.39, 0.29) is 0 Å². The van der Waals surface area contributed by atoms with E-state index in [4.69, 9.17) is 4.74 Å². The minimum atomic E-state index is 0.302. The van der Waals surface area contributed by atoms with Gasteiger partial charge in [0.2, 0.25) is 0 Å². The molecule has 0 bridgehead atoms. The van der Waals surface area contributed by atoms with Crippen molar-refractivity contribution >= 4 is 16.5 Å². The Balaban J connectivity index is 2.69. The van der Waals surface area contributed by atoms with E-state index in [1.54, 1.807) is 18.4 Å². The first-order valence-electron chi connectivity index (χ1n) is 5.44. The number of methoxy groups -OCH3 is 1. The van der Waals surface area contributed by atoms with Crippen LogP contribution in [-0.2, 0) is 4.74 Å². The van der Waals surface area contributed by atoms with Crippen molar-refractivity contribution in [1.29, 1.82) is 0 Å². The van der Waals surface area contributed by atoms with Crippen molar-refractivity contribution in [2.45, 2.75) is 25.9 Å². The second-order valence-corrected chi connectivity index (χ2v) is 4.82. The van der Waals surface area contributed by atoms with Gasteiger partial charge in [0.05, 0.1) is 18.3 Å². The molecular weight excluding hydrogens is 222 g/mol. The molecule has 1 aromatic heterocycles. The van der Waals surface area contributed by atoms with E-state index >= 15 is 0 Å². The zero-order valence-corrected chi connectivity index (χ0v) is 11.5. The number of aromatic nitrogens is 1. The van der Waals surface area contributed by atoms with E-state index in [1.165, 1.54) is 0 Å². The minimum absolute atomic E-state index is 0.302. The molecule has 16 heavy (non-hydrogen) atoms. The highest BCUT2D eigenvalue weighted by Crippen LogP contribution is 2.24. The van der Waals surface area contributed by atoms with Gasteiger partial charge in [0, 0.05) is 25.6 Å². The van der Waals surface area contributed by atoms with Crippen molar-refractivity contribution in [3.05, 3.63) is 11.1 Å². The van der Waals surface area contributed by atoms with Gasteiger partial charge in [-0.05, 0) is 20.9 Å². The topological polar surface area (TPSA) is 37.4 Å². The van der Waals surface area contributed by atoms with Crippen molar-refractivity contribution in [1.82, 2.24) is 10.3 Å². The third kappa shape index (κ3) is 3.17. The van der Waals surface area contributed by atoms with Crippen LogP contribution in [-0.4, -0.2) is 38.8 Å². The first kappa shape index (κ1) is 13.4. The van der Waals surface area contributed by atoms with E-state index in [2.05, 4.69) is 41.5 Å². The molecule has 0 aromatic carbocycles. The van der Waals surface area contributed by atoms with E-state index in [9.17, 15) is 0 Å². The first-order valence-corrected chi connectivity index (χ1v) is 6.32. The molecule has 92 valence electrons. The highest BCUT2D eigenvalue weighted by atomic mass is 32.1. The van der Waals surface area contributed by atoms with Gasteiger partial charge in [-0.2, -0.15) is 0 Å². The lowest BCUT2D eigenvalue weighted by atomic mass is 10.3. The van der Waals surface area contributed by atoms with E-state index < -0.39 is 0 Å². The first-order chi connectivity index (χ1) is 7.60. The Bertz CT molecular complexity index is 316. The fraction of sp³-hybridized carbons (Fsp3) is 0.727. The summed E-state index contributed by atoms with van der Waals surface area (Å²) >= 11 is 1.67. The van der Waals surface area contributed by atoms with Crippen LogP contribution in [0.25, 0.3) is 0 Å². The van der Waals surface area contributed by atoms with Gasteiger partial charge < -0.3 is 15.0 Å². The lowest BCUT2D eigenvalue weighted by Crippen LogP contribution is -2.32. The van der Waals surface area contributed by atoms with Gasteiger partial charge >= 0.3 is 0 Å². The molecule has 0 fully saturated rings. The molecular formula is C11H21N3OS. The van der Waals surface area contributed by atoms with Crippen LogP contribution in [0.15, 0.2) is 5.38 Å². The number of rotatable bonds is 6. The second kappa shape index (κ2) is 6.18. The maximum Gasteiger partial charge on any atom is 0.185 e. The summed E-state index contributed by atoms with van der Waals surface area (Å²) in [6.07, 6.45) is 0. The highest BCUT2D eigenvalue weighted by Gasteiger charge is 2.15. The molecule has 0 aliphatic rings. The van der Waals surface area contributed by atoms with Gasteiger partial charge in [-0.1, -0.05) is 0 Å². The zero-order valence-electron chi connectivity index (χ0n) is 10.7. The fourth-order valence-corrected chi connectivity index (χ4v) is 2.31. The number of nitrogens with zero attached hydrogens (tertiary/aromatic N) is 2. The average molecular weight is 243 g/mol. The third-order valence-electron chi connectivity index (χ3n) is 2.76. The number of nitrogens with one attached hydrogen (secondary N) is 1. The molecule has 5 heteroatoms. The number of anilines is 1. The molecule has 1 aromatic rings. The zero-order chi connectivity index (χ0) is 12.1. The van der Waals surface area contributed by atoms with Gasteiger partial charge in [0.15, 0.2) is 5.13 Å². The predicted molar refractivity (Wildman–Crippen MR) is 69.3 cm³/mol. The summed E-state index contributed by atoms with van der Waals surface area (Å²) in [5.74, 6) is 0. The summed E-state index contributed by atoms with van der Waals surface area (Å²) in [4.78, 5) is 6.76. The van der Waals surface area contributed by atoms with E-state index in [0.717, 1.165) is 10.8 Å². The molecule has 2 unspecified atom stereocenters. The Morgan fingerprint density at radius 3 is 2.81 bits per heavy atom. The summed E-state index contributed by atoms with van der Waals surface area (Å²) in [6, 6.07) is 0.644. The number of thiazole rings is 1. The Morgan fingerprint density at radius 1 is 1.56 bits per heavy atom. The van der Waals surface area contributed by atoms with Crippen molar-refractivity contribution in [3.8, 4) is 0 Å². The average Bonchev–Trinajstić information content (AvgIpc) is 2.76. The van der Waals surface area contributed by atoms with Crippen molar-refractivity contribution in [2.75, 3.05) is 32.7 Å². The van der Waals surface area contributed by atoms with E-state index in [1.807, 2.05) is 7.05 Å². The Hall–Kier alpha value is -0.650. The molecule has 4 nitrogen and oxygen atoms in total. The third-order valence-corrected chi connectivity index (χ3v) is 3.71. The predicted octanol–water partition coefficient (Wildman–Crippen LogP) is 1.89. The molecule has 0 spiro atoms. The van der Waals surface area contributed by atoms with Crippen LogP contribution in [0.5, 0.6) is 0 Å². The maximum atomic E-state index is 5.14. The molecule has 1 rings (SSSR count). The lowest BCUT2D eigenvalue weighted by molar-refractivity contribution is 0.183. The SMILES string of the molecule is CNC(C)c1csc(N(C)C(C)COC)n1. The molecule has 0 saturated heterocycles. The van der Waals surface area contributed by atoms with Gasteiger partial charge in [-0.3, -0.25) is 0 Å². The molecule has 0 aliphatic carbocycles. The minimum Gasteiger partial charge on any atom is -0.383 e. The highest BCUT2D eigenvalue weighted by molar-refractivity contribution is 7.13. The quantitative estimate of drug-likeness (QED) is 0.828. The maximum absolute atomic E-state index is 5.14. The summed E-state index contributed by atoms with van der Waals surface area (Å²) in [5, 5.41) is 6.34. The number of hydrogen-bond donors (Lipinski definition) is 1. The molecule has 0 saturated carbocycles. The fourth-order valence-electron chi connectivity index (χ4n) is 1.33. The van der Waals surface area contributed by atoms with Crippen LogP contribution in [0.2, 0.25) is 0 Å².